The summed E-state index contributed by atoms with van der Waals surface area (Å²) >= 11 is 0. The van der Waals surface area contributed by atoms with E-state index in [0.29, 0.717) is 12.6 Å². The second-order valence-corrected chi connectivity index (χ2v) is 9.16. The topological polar surface area (TPSA) is 43.2 Å². The predicted molar refractivity (Wildman–Crippen MR) is 127 cm³/mol. The minimum absolute atomic E-state index is 0.532. The number of rotatable bonds is 7. The first-order chi connectivity index (χ1) is 15.8. The molecule has 5 nitrogen and oxygen atoms in total. The number of hydrogen-bond acceptors (Lipinski definition) is 4. The number of ether oxygens (including phenoxy) is 1. The zero-order valence-electron chi connectivity index (χ0n) is 18.2. The van der Waals surface area contributed by atoms with Crippen LogP contribution in [0.15, 0.2) is 73.3 Å². The third kappa shape index (κ3) is 3.78. The molecule has 6 rings (SSSR count). The first-order valence-corrected chi connectivity index (χ1v) is 11.6. The lowest BCUT2D eigenvalue weighted by Gasteiger charge is -2.42. The van der Waals surface area contributed by atoms with Crippen LogP contribution in [-0.2, 0) is 6.61 Å². The van der Waals surface area contributed by atoms with E-state index in [1.54, 1.807) is 6.33 Å². The van der Waals surface area contributed by atoms with Gasteiger partial charge in [-0.15, -0.1) is 0 Å². The van der Waals surface area contributed by atoms with Crippen LogP contribution in [0.25, 0.3) is 22.2 Å². The molecule has 0 bridgehead atoms. The molecule has 2 fully saturated rings. The highest BCUT2D eigenvalue weighted by Gasteiger charge is 2.34. The maximum Gasteiger partial charge on any atom is 0.144 e. The van der Waals surface area contributed by atoms with Gasteiger partial charge >= 0.3 is 0 Å². The van der Waals surface area contributed by atoms with Crippen LogP contribution < -0.4 is 4.74 Å². The molecule has 1 aliphatic carbocycles. The summed E-state index contributed by atoms with van der Waals surface area (Å²) in [6.45, 7) is 4.40. The number of nitrogens with zero attached hydrogens (tertiary/aromatic N) is 4. The van der Waals surface area contributed by atoms with E-state index >= 15 is 0 Å². The summed E-state index contributed by atoms with van der Waals surface area (Å²) in [7, 11) is 0. The van der Waals surface area contributed by atoms with Crippen molar-refractivity contribution in [2.24, 2.45) is 5.92 Å². The van der Waals surface area contributed by atoms with Gasteiger partial charge in [-0.3, -0.25) is 0 Å². The molecular formula is C27H28N4O. The molecule has 2 aromatic carbocycles. The van der Waals surface area contributed by atoms with E-state index in [2.05, 4.69) is 56.0 Å². The van der Waals surface area contributed by atoms with E-state index in [4.69, 9.17) is 4.74 Å². The van der Waals surface area contributed by atoms with Crippen LogP contribution in [-0.4, -0.2) is 39.1 Å². The van der Waals surface area contributed by atoms with E-state index in [-0.39, 0.29) is 0 Å². The molecule has 1 saturated carbocycles. The number of likely N-dealkylation sites (tertiary alicyclic amines) is 1. The molecule has 0 spiro atoms. The van der Waals surface area contributed by atoms with Crippen LogP contribution in [0.3, 0.4) is 0 Å². The molecule has 5 heteroatoms. The van der Waals surface area contributed by atoms with Crippen molar-refractivity contribution in [2.45, 2.75) is 31.9 Å². The standard InChI is InChI=1S/C27H28N4O/c1-2-6-20(7-3-1)18-32-24-9-4-8-22(14-24)26-17-31(27-25(26)15-28-19-29-27)23-12-21(13-23)16-30-10-5-11-30/h1-4,6-9,14-15,17,19,21,23H,5,10-13,16,18H2/t21-,23-. The van der Waals surface area contributed by atoms with E-state index in [1.165, 1.54) is 50.0 Å². The molecule has 0 atom stereocenters. The summed E-state index contributed by atoms with van der Waals surface area (Å²) in [5.41, 5.74) is 4.53. The third-order valence-electron chi connectivity index (χ3n) is 6.96. The molecule has 2 aliphatic rings. The van der Waals surface area contributed by atoms with Crippen molar-refractivity contribution < 1.29 is 4.74 Å². The van der Waals surface area contributed by atoms with Crippen molar-refractivity contribution in [3.63, 3.8) is 0 Å². The normalized spacial score (nSPS) is 20.6. The Morgan fingerprint density at radius 1 is 1.00 bits per heavy atom. The van der Waals surface area contributed by atoms with Crippen LogP contribution in [0.4, 0.5) is 0 Å². The summed E-state index contributed by atoms with van der Waals surface area (Å²) in [4.78, 5) is 11.6. The third-order valence-corrected chi connectivity index (χ3v) is 6.96. The summed E-state index contributed by atoms with van der Waals surface area (Å²) in [5, 5.41) is 1.11. The van der Waals surface area contributed by atoms with Crippen molar-refractivity contribution in [1.29, 1.82) is 0 Å². The van der Waals surface area contributed by atoms with Crippen LogP contribution >= 0.6 is 0 Å². The highest BCUT2D eigenvalue weighted by Crippen LogP contribution is 2.42. The number of benzene rings is 2. The second-order valence-electron chi connectivity index (χ2n) is 9.16. The average Bonchev–Trinajstić information content (AvgIpc) is 3.16. The number of aromatic nitrogens is 3. The lowest BCUT2D eigenvalue weighted by molar-refractivity contribution is 0.0921. The smallest absolute Gasteiger partial charge is 0.144 e. The van der Waals surface area contributed by atoms with Crippen LogP contribution in [0, 0.1) is 5.92 Å². The van der Waals surface area contributed by atoms with Gasteiger partial charge in [0, 0.05) is 35.9 Å². The Hall–Kier alpha value is -3.18. The van der Waals surface area contributed by atoms with E-state index in [1.807, 2.05) is 30.5 Å². The molecule has 32 heavy (non-hydrogen) atoms. The number of fused-ring (bicyclic) bond motifs is 1. The first-order valence-electron chi connectivity index (χ1n) is 11.6. The van der Waals surface area contributed by atoms with Crippen molar-refractivity contribution in [3.8, 4) is 16.9 Å². The summed E-state index contributed by atoms with van der Waals surface area (Å²) in [6, 6.07) is 19.2. The van der Waals surface area contributed by atoms with Gasteiger partial charge in [0.05, 0.1) is 0 Å². The monoisotopic (exact) mass is 424 g/mol. The fraction of sp³-hybridized carbons (Fsp3) is 0.333. The molecule has 1 saturated heterocycles. The zero-order chi connectivity index (χ0) is 21.3. The van der Waals surface area contributed by atoms with Gasteiger partial charge in [0.2, 0.25) is 0 Å². The lowest BCUT2D eigenvalue weighted by Crippen LogP contribution is -2.43. The van der Waals surface area contributed by atoms with Crippen LogP contribution in [0.5, 0.6) is 5.75 Å². The van der Waals surface area contributed by atoms with Gasteiger partial charge in [0.1, 0.15) is 24.3 Å². The lowest BCUT2D eigenvalue weighted by atomic mass is 9.79. The fourth-order valence-corrected chi connectivity index (χ4v) is 5.00. The molecule has 162 valence electrons. The van der Waals surface area contributed by atoms with Crippen molar-refractivity contribution in [1.82, 2.24) is 19.4 Å². The molecule has 0 amide bonds. The molecule has 2 aromatic heterocycles. The summed E-state index contributed by atoms with van der Waals surface area (Å²) in [6.07, 6.45) is 9.74. The molecule has 0 N–H and O–H groups in total. The molecule has 4 aromatic rings. The van der Waals surface area contributed by atoms with Crippen molar-refractivity contribution >= 4 is 11.0 Å². The molecule has 0 radical (unpaired) electrons. The van der Waals surface area contributed by atoms with Gasteiger partial charge in [-0.25, -0.2) is 9.97 Å². The Morgan fingerprint density at radius 2 is 1.88 bits per heavy atom. The van der Waals surface area contributed by atoms with Gasteiger partial charge in [-0.05, 0) is 61.5 Å². The summed E-state index contributed by atoms with van der Waals surface area (Å²) in [5.74, 6) is 1.69. The van der Waals surface area contributed by atoms with E-state index in [9.17, 15) is 0 Å². The zero-order valence-corrected chi connectivity index (χ0v) is 18.2. The highest BCUT2D eigenvalue weighted by atomic mass is 16.5. The maximum absolute atomic E-state index is 6.08. The van der Waals surface area contributed by atoms with Crippen molar-refractivity contribution in [3.05, 3.63) is 78.9 Å². The Balaban J connectivity index is 1.24. The van der Waals surface area contributed by atoms with Gasteiger partial charge in [-0.1, -0.05) is 42.5 Å². The second kappa shape index (κ2) is 8.40. The van der Waals surface area contributed by atoms with Crippen molar-refractivity contribution in [2.75, 3.05) is 19.6 Å². The minimum atomic E-state index is 0.532. The SMILES string of the molecule is c1ccc(COc2cccc(-c3cn([C@H]4C[C@H](CN5CCC5)C4)c4ncncc34)c2)cc1. The Kier molecular flexibility index (Phi) is 5.12. The predicted octanol–water partition coefficient (Wildman–Crippen LogP) is 5.33. The molecule has 0 unspecified atom stereocenters. The average molecular weight is 425 g/mol. The minimum Gasteiger partial charge on any atom is -0.489 e. The Morgan fingerprint density at radius 3 is 2.69 bits per heavy atom. The van der Waals surface area contributed by atoms with Gasteiger partial charge in [-0.2, -0.15) is 0 Å². The Bertz CT molecular complexity index is 1210. The quantitative estimate of drug-likeness (QED) is 0.402. The number of hydrogen-bond donors (Lipinski definition) is 0. The molecular weight excluding hydrogens is 396 g/mol. The van der Waals surface area contributed by atoms with Crippen LogP contribution in [0.1, 0.15) is 30.9 Å². The Labute approximate surface area is 188 Å². The van der Waals surface area contributed by atoms with Crippen LogP contribution in [0.2, 0.25) is 0 Å². The molecule has 1 aliphatic heterocycles. The molecule has 3 heterocycles. The summed E-state index contributed by atoms with van der Waals surface area (Å²) < 4.78 is 8.46. The maximum atomic E-state index is 6.08. The van der Waals surface area contributed by atoms with E-state index < -0.39 is 0 Å². The first kappa shape index (κ1) is 19.5. The largest absolute Gasteiger partial charge is 0.489 e. The van der Waals surface area contributed by atoms with Gasteiger partial charge < -0.3 is 14.2 Å². The highest BCUT2D eigenvalue weighted by molar-refractivity contribution is 5.93. The fourth-order valence-electron chi connectivity index (χ4n) is 5.00. The van der Waals surface area contributed by atoms with Gasteiger partial charge in [0.15, 0.2) is 0 Å². The van der Waals surface area contributed by atoms with E-state index in [0.717, 1.165) is 28.3 Å². The van der Waals surface area contributed by atoms with Gasteiger partial charge in [0.25, 0.3) is 0 Å².